The van der Waals surface area contributed by atoms with E-state index in [2.05, 4.69) is 6.92 Å². The highest BCUT2D eigenvalue weighted by Gasteiger charge is 2.25. The number of hydrogen-bond acceptors (Lipinski definition) is 2. The van der Waals surface area contributed by atoms with Gasteiger partial charge in [0.05, 0.1) is 12.4 Å². The third kappa shape index (κ3) is 2.25. The highest BCUT2D eigenvalue weighted by atomic mass is 16.3. The van der Waals surface area contributed by atoms with Crippen molar-refractivity contribution in [3.63, 3.8) is 0 Å². The molecule has 84 valence electrons. The van der Waals surface area contributed by atoms with Crippen LogP contribution in [0.3, 0.4) is 0 Å². The van der Waals surface area contributed by atoms with Crippen molar-refractivity contribution >= 4 is 0 Å². The van der Waals surface area contributed by atoms with Gasteiger partial charge in [0.1, 0.15) is 5.76 Å². The van der Waals surface area contributed by atoms with E-state index in [0.717, 1.165) is 30.6 Å². The Kier molecular flexibility index (Phi) is 3.47. The van der Waals surface area contributed by atoms with Crippen molar-refractivity contribution in [3.8, 4) is 0 Å². The van der Waals surface area contributed by atoms with E-state index in [1.54, 1.807) is 6.26 Å². The van der Waals surface area contributed by atoms with Crippen molar-refractivity contribution in [1.29, 1.82) is 0 Å². The Morgan fingerprint density at radius 1 is 1.40 bits per heavy atom. The molecular weight excluding hydrogens is 188 g/mol. The normalized spacial score (nSPS) is 20.4. The van der Waals surface area contributed by atoms with Crippen molar-refractivity contribution < 1.29 is 9.52 Å². The van der Waals surface area contributed by atoms with Crippen molar-refractivity contribution in [3.05, 3.63) is 23.7 Å². The molecule has 1 fully saturated rings. The van der Waals surface area contributed by atoms with Crippen LogP contribution in [0.5, 0.6) is 0 Å². The van der Waals surface area contributed by atoms with E-state index in [9.17, 15) is 5.11 Å². The standard InChI is InChI=1S/C13H20O2/c1-2-12-11(8-9-15-12)13(14)10-6-4-3-5-7-10/h8-10,13-14H,2-7H2,1H3. The maximum absolute atomic E-state index is 10.3. The minimum atomic E-state index is -0.306. The highest BCUT2D eigenvalue weighted by molar-refractivity contribution is 5.20. The topological polar surface area (TPSA) is 33.4 Å². The lowest BCUT2D eigenvalue weighted by molar-refractivity contribution is 0.0832. The monoisotopic (exact) mass is 208 g/mol. The number of hydrogen-bond donors (Lipinski definition) is 1. The molecule has 2 rings (SSSR count). The van der Waals surface area contributed by atoms with Crippen molar-refractivity contribution in [2.24, 2.45) is 5.92 Å². The summed E-state index contributed by atoms with van der Waals surface area (Å²) in [5.41, 5.74) is 1.02. The predicted octanol–water partition coefficient (Wildman–Crippen LogP) is 3.46. The first-order chi connectivity index (χ1) is 7.33. The number of furan rings is 1. The molecule has 0 bridgehead atoms. The first-order valence-corrected chi connectivity index (χ1v) is 6.07. The Morgan fingerprint density at radius 3 is 2.80 bits per heavy atom. The van der Waals surface area contributed by atoms with E-state index >= 15 is 0 Å². The van der Waals surface area contributed by atoms with Gasteiger partial charge in [0.15, 0.2) is 0 Å². The van der Waals surface area contributed by atoms with Crippen molar-refractivity contribution in [2.75, 3.05) is 0 Å². The Bertz CT molecular complexity index is 297. The molecular formula is C13H20O2. The number of rotatable bonds is 3. The smallest absolute Gasteiger partial charge is 0.109 e. The summed E-state index contributed by atoms with van der Waals surface area (Å²) in [5, 5.41) is 10.3. The molecule has 15 heavy (non-hydrogen) atoms. The molecule has 1 aliphatic carbocycles. The van der Waals surface area contributed by atoms with Crippen LogP contribution in [0.4, 0.5) is 0 Å². The highest BCUT2D eigenvalue weighted by Crippen LogP contribution is 2.35. The number of aryl methyl sites for hydroxylation is 1. The summed E-state index contributed by atoms with van der Waals surface area (Å²) in [6.45, 7) is 2.07. The van der Waals surface area contributed by atoms with Gasteiger partial charge in [-0.25, -0.2) is 0 Å². The molecule has 2 heteroatoms. The van der Waals surface area contributed by atoms with Crippen LogP contribution in [0.15, 0.2) is 16.7 Å². The van der Waals surface area contributed by atoms with Gasteiger partial charge in [-0.2, -0.15) is 0 Å². The summed E-state index contributed by atoms with van der Waals surface area (Å²) in [6, 6.07) is 1.93. The molecule has 1 saturated carbocycles. The zero-order valence-corrected chi connectivity index (χ0v) is 9.41. The average Bonchev–Trinajstić information content (AvgIpc) is 2.77. The lowest BCUT2D eigenvalue weighted by atomic mass is 9.82. The molecule has 0 spiro atoms. The van der Waals surface area contributed by atoms with Crippen LogP contribution >= 0.6 is 0 Å². The summed E-state index contributed by atoms with van der Waals surface area (Å²) in [7, 11) is 0. The van der Waals surface area contributed by atoms with Crippen molar-refractivity contribution in [1.82, 2.24) is 0 Å². The maximum atomic E-state index is 10.3. The predicted molar refractivity (Wildman–Crippen MR) is 59.6 cm³/mol. The van der Waals surface area contributed by atoms with E-state index < -0.39 is 0 Å². The molecule has 1 atom stereocenters. The van der Waals surface area contributed by atoms with Gasteiger partial charge in [-0.05, 0) is 24.8 Å². The van der Waals surface area contributed by atoms with Gasteiger partial charge in [-0.15, -0.1) is 0 Å². The molecule has 0 aliphatic heterocycles. The van der Waals surface area contributed by atoms with Crippen LogP contribution in [-0.2, 0) is 6.42 Å². The summed E-state index contributed by atoms with van der Waals surface area (Å²) >= 11 is 0. The van der Waals surface area contributed by atoms with Gasteiger partial charge in [0, 0.05) is 12.0 Å². The minimum absolute atomic E-state index is 0.306. The molecule has 1 unspecified atom stereocenters. The first kappa shape index (κ1) is 10.7. The quantitative estimate of drug-likeness (QED) is 0.825. The van der Waals surface area contributed by atoms with Gasteiger partial charge in [0.2, 0.25) is 0 Å². The Hall–Kier alpha value is -0.760. The van der Waals surface area contributed by atoms with E-state index in [1.165, 1.54) is 19.3 Å². The van der Waals surface area contributed by atoms with E-state index in [-0.39, 0.29) is 6.10 Å². The third-order valence-corrected chi connectivity index (χ3v) is 3.52. The minimum Gasteiger partial charge on any atom is -0.469 e. The van der Waals surface area contributed by atoms with Crippen LogP contribution in [0.1, 0.15) is 56.5 Å². The molecule has 1 aliphatic rings. The zero-order valence-electron chi connectivity index (χ0n) is 9.41. The first-order valence-electron chi connectivity index (χ1n) is 6.07. The fraction of sp³-hybridized carbons (Fsp3) is 0.692. The summed E-state index contributed by atoms with van der Waals surface area (Å²) in [4.78, 5) is 0. The summed E-state index contributed by atoms with van der Waals surface area (Å²) in [6.07, 6.45) is 8.44. The SMILES string of the molecule is CCc1occc1C(O)C1CCCCC1. The fourth-order valence-electron chi connectivity index (χ4n) is 2.61. The molecule has 2 nitrogen and oxygen atoms in total. The molecule has 1 aromatic heterocycles. The molecule has 0 amide bonds. The fourth-order valence-corrected chi connectivity index (χ4v) is 2.61. The average molecular weight is 208 g/mol. The largest absolute Gasteiger partial charge is 0.469 e. The van der Waals surface area contributed by atoms with Crippen LogP contribution in [0.25, 0.3) is 0 Å². The van der Waals surface area contributed by atoms with Gasteiger partial charge >= 0.3 is 0 Å². The van der Waals surface area contributed by atoms with Crippen LogP contribution in [0, 0.1) is 5.92 Å². The lowest BCUT2D eigenvalue weighted by Gasteiger charge is -2.26. The maximum Gasteiger partial charge on any atom is 0.109 e. The second-order valence-corrected chi connectivity index (χ2v) is 4.50. The molecule has 1 aromatic rings. The second kappa shape index (κ2) is 4.84. The molecule has 0 saturated heterocycles. The second-order valence-electron chi connectivity index (χ2n) is 4.50. The molecule has 0 radical (unpaired) electrons. The van der Waals surface area contributed by atoms with Gasteiger partial charge in [-0.1, -0.05) is 26.2 Å². The van der Waals surface area contributed by atoms with E-state index in [0.29, 0.717) is 5.92 Å². The number of aliphatic hydroxyl groups is 1. The van der Waals surface area contributed by atoms with Crippen LogP contribution in [0.2, 0.25) is 0 Å². The molecule has 0 aromatic carbocycles. The van der Waals surface area contributed by atoms with Crippen LogP contribution in [-0.4, -0.2) is 5.11 Å². The Labute approximate surface area is 91.3 Å². The van der Waals surface area contributed by atoms with Gasteiger partial charge in [0.25, 0.3) is 0 Å². The summed E-state index contributed by atoms with van der Waals surface area (Å²) in [5.74, 6) is 1.40. The van der Waals surface area contributed by atoms with Crippen molar-refractivity contribution in [2.45, 2.75) is 51.6 Å². The van der Waals surface area contributed by atoms with E-state index in [4.69, 9.17) is 4.42 Å². The summed E-state index contributed by atoms with van der Waals surface area (Å²) < 4.78 is 5.37. The Morgan fingerprint density at radius 2 is 2.13 bits per heavy atom. The van der Waals surface area contributed by atoms with Crippen LogP contribution < -0.4 is 0 Å². The Balaban J connectivity index is 2.08. The molecule has 1 N–H and O–H groups in total. The van der Waals surface area contributed by atoms with Gasteiger partial charge in [-0.3, -0.25) is 0 Å². The van der Waals surface area contributed by atoms with E-state index in [1.807, 2.05) is 6.07 Å². The lowest BCUT2D eigenvalue weighted by Crippen LogP contribution is -2.16. The molecule has 1 heterocycles. The van der Waals surface area contributed by atoms with Gasteiger partial charge < -0.3 is 9.52 Å². The zero-order chi connectivity index (χ0) is 10.7. The number of aliphatic hydroxyl groups excluding tert-OH is 1. The third-order valence-electron chi connectivity index (χ3n) is 3.52.